The third kappa shape index (κ3) is 2.93. The Labute approximate surface area is 169 Å². The number of halogens is 3. The van der Waals surface area contributed by atoms with Crippen LogP contribution in [-0.4, -0.2) is 46.3 Å². The number of ether oxygens (including phenoxy) is 3. The van der Waals surface area contributed by atoms with E-state index in [0.717, 1.165) is 0 Å². The van der Waals surface area contributed by atoms with Gasteiger partial charge < -0.3 is 29.6 Å². The van der Waals surface area contributed by atoms with Crippen LogP contribution in [0, 0.1) is 0 Å². The minimum Gasteiger partial charge on any atom is -0.394 e. The van der Waals surface area contributed by atoms with E-state index in [4.69, 9.17) is 54.7 Å². The number of hydrogen-bond acceptors (Lipinski definition) is 5. The molecule has 2 saturated heterocycles. The summed E-state index contributed by atoms with van der Waals surface area (Å²) in [6.45, 7) is 3.29. The molecule has 0 radical (unpaired) electrons. The number of rotatable bonds is 3. The Morgan fingerprint density at radius 2 is 1.85 bits per heavy atom. The van der Waals surface area contributed by atoms with Gasteiger partial charge in [-0.15, -0.1) is 0 Å². The number of carbonyl (C=O) groups is 1. The van der Waals surface area contributed by atoms with Crippen LogP contribution in [0.3, 0.4) is 0 Å². The molecule has 3 heterocycles. The molecule has 146 valence electrons. The van der Waals surface area contributed by atoms with Crippen molar-refractivity contribution in [1.29, 1.82) is 0 Å². The zero-order valence-corrected chi connectivity index (χ0v) is 16.7. The Kier molecular flexibility index (Phi) is 4.63. The maximum atomic E-state index is 12.0. The molecule has 0 bridgehead atoms. The SMILES string of the molecule is CC1(C)O[C@@H]2[C@H](O1)[C@@H](CO)O[C@H]2n1c(Cl)c(C(N)=O)c2cc(Cl)c(Cl)cc21. The molecule has 2 fully saturated rings. The van der Waals surface area contributed by atoms with Crippen LogP contribution in [0.15, 0.2) is 12.1 Å². The van der Waals surface area contributed by atoms with Crippen molar-refractivity contribution in [3.63, 3.8) is 0 Å². The Hall–Kier alpha value is -1.06. The number of aromatic nitrogens is 1. The zero-order valence-electron chi connectivity index (χ0n) is 14.4. The van der Waals surface area contributed by atoms with Crippen molar-refractivity contribution in [2.24, 2.45) is 5.73 Å². The highest BCUT2D eigenvalue weighted by Crippen LogP contribution is 2.47. The molecular weight excluding hydrogens is 419 g/mol. The van der Waals surface area contributed by atoms with E-state index in [9.17, 15) is 9.90 Å². The molecule has 2 aliphatic rings. The van der Waals surface area contributed by atoms with E-state index in [1.807, 2.05) is 0 Å². The molecule has 2 aromatic rings. The standard InChI is InChI=1S/C17H17Cl3N2O5/c1-17(2)26-12-10(5-23)25-16(13(12)27-17)22-9-4-8(19)7(18)3-6(9)11(14(22)20)15(21)24/h3-4,10,12-13,16,23H,5H2,1-2H3,(H2,21,24)/t10-,12-,13-,16-/m1/s1. The Morgan fingerprint density at radius 3 is 2.48 bits per heavy atom. The highest BCUT2D eigenvalue weighted by atomic mass is 35.5. The van der Waals surface area contributed by atoms with Crippen LogP contribution >= 0.6 is 34.8 Å². The molecule has 0 spiro atoms. The molecule has 0 aliphatic carbocycles. The topological polar surface area (TPSA) is 95.9 Å². The second-order valence-electron chi connectivity index (χ2n) is 7.00. The number of carbonyl (C=O) groups excluding carboxylic acids is 1. The molecule has 7 nitrogen and oxygen atoms in total. The van der Waals surface area contributed by atoms with Crippen molar-refractivity contribution < 1.29 is 24.1 Å². The van der Waals surface area contributed by atoms with Gasteiger partial charge in [-0.1, -0.05) is 34.8 Å². The van der Waals surface area contributed by atoms with Crippen molar-refractivity contribution >= 4 is 51.6 Å². The maximum absolute atomic E-state index is 12.0. The number of primary amides is 1. The van der Waals surface area contributed by atoms with Crippen LogP contribution in [0.1, 0.15) is 30.4 Å². The van der Waals surface area contributed by atoms with Gasteiger partial charge in [0, 0.05) is 5.39 Å². The first-order valence-corrected chi connectivity index (χ1v) is 9.38. The first-order valence-electron chi connectivity index (χ1n) is 8.25. The predicted molar refractivity (Wildman–Crippen MR) is 100 cm³/mol. The number of aliphatic hydroxyl groups excluding tert-OH is 1. The first-order chi connectivity index (χ1) is 12.6. The highest BCUT2D eigenvalue weighted by Gasteiger charge is 2.56. The Bertz CT molecular complexity index is 945. The predicted octanol–water partition coefficient (Wildman–Crippen LogP) is 3.11. The third-order valence-corrected chi connectivity index (χ3v) is 5.88. The summed E-state index contributed by atoms with van der Waals surface area (Å²) in [5.41, 5.74) is 6.15. The summed E-state index contributed by atoms with van der Waals surface area (Å²) in [5.74, 6) is -1.56. The minimum absolute atomic E-state index is 0.0754. The summed E-state index contributed by atoms with van der Waals surface area (Å²) in [5, 5.41) is 10.8. The van der Waals surface area contributed by atoms with E-state index in [-0.39, 0.29) is 27.4 Å². The van der Waals surface area contributed by atoms with Gasteiger partial charge in [0.15, 0.2) is 12.0 Å². The van der Waals surface area contributed by atoms with E-state index >= 15 is 0 Å². The van der Waals surface area contributed by atoms with Crippen molar-refractivity contribution in [3.05, 3.63) is 32.9 Å². The van der Waals surface area contributed by atoms with Crippen LogP contribution in [0.4, 0.5) is 0 Å². The van der Waals surface area contributed by atoms with Crippen LogP contribution in [0.5, 0.6) is 0 Å². The monoisotopic (exact) mass is 434 g/mol. The molecule has 3 N–H and O–H groups in total. The molecule has 4 rings (SSSR count). The molecule has 0 saturated carbocycles. The number of nitrogens with zero attached hydrogens (tertiary/aromatic N) is 1. The fourth-order valence-corrected chi connectivity index (χ4v) is 4.47. The van der Waals surface area contributed by atoms with Gasteiger partial charge in [-0.05, 0) is 26.0 Å². The van der Waals surface area contributed by atoms with Gasteiger partial charge in [-0.2, -0.15) is 0 Å². The average Bonchev–Trinajstić information content (AvgIpc) is 3.14. The molecule has 27 heavy (non-hydrogen) atoms. The summed E-state index contributed by atoms with van der Waals surface area (Å²) in [7, 11) is 0. The quantitative estimate of drug-likeness (QED) is 0.772. The summed E-state index contributed by atoms with van der Waals surface area (Å²) in [6.07, 6.45) is -2.42. The van der Waals surface area contributed by atoms with E-state index in [1.165, 1.54) is 6.07 Å². The molecule has 10 heteroatoms. The van der Waals surface area contributed by atoms with Gasteiger partial charge in [0.2, 0.25) is 0 Å². The van der Waals surface area contributed by atoms with E-state index in [2.05, 4.69) is 0 Å². The maximum Gasteiger partial charge on any atom is 0.252 e. The van der Waals surface area contributed by atoms with Gasteiger partial charge in [-0.25, -0.2) is 0 Å². The number of amides is 1. The van der Waals surface area contributed by atoms with Crippen LogP contribution in [-0.2, 0) is 14.2 Å². The fraction of sp³-hybridized carbons (Fsp3) is 0.471. The van der Waals surface area contributed by atoms with E-state index in [0.29, 0.717) is 10.9 Å². The molecule has 1 amide bonds. The lowest BCUT2D eigenvalue weighted by Crippen LogP contribution is -2.31. The van der Waals surface area contributed by atoms with Gasteiger partial charge >= 0.3 is 0 Å². The highest BCUT2D eigenvalue weighted by molar-refractivity contribution is 6.43. The number of hydrogen-bond donors (Lipinski definition) is 2. The minimum atomic E-state index is -0.853. The average molecular weight is 436 g/mol. The number of aliphatic hydroxyl groups is 1. The summed E-state index contributed by atoms with van der Waals surface area (Å²) in [4.78, 5) is 12.0. The largest absolute Gasteiger partial charge is 0.394 e. The molecule has 4 atom stereocenters. The normalized spacial score (nSPS) is 29.4. The lowest BCUT2D eigenvalue weighted by Gasteiger charge is -2.25. The summed E-state index contributed by atoms with van der Waals surface area (Å²) in [6, 6.07) is 3.12. The van der Waals surface area contributed by atoms with Gasteiger partial charge in [0.05, 0.1) is 27.7 Å². The second kappa shape index (κ2) is 6.49. The number of benzene rings is 1. The van der Waals surface area contributed by atoms with Crippen molar-refractivity contribution in [1.82, 2.24) is 4.57 Å². The van der Waals surface area contributed by atoms with Crippen molar-refractivity contribution in [2.45, 2.75) is 44.2 Å². The van der Waals surface area contributed by atoms with Crippen LogP contribution < -0.4 is 5.73 Å². The van der Waals surface area contributed by atoms with Gasteiger partial charge in [-0.3, -0.25) is 4.79 Å². The Morgan fingerprint density at radius 1 is 1.22 bits per heavy atom. The van der Waals surface area contributed by atoms with Gasteiger partial charge in [0.25, 0.3) is 5.91 Å². The lowest BCUT2D eigenvalue weighted by atomic mass is 10.1. The van der Waals surface area contributed by atoms with Gasteiger partial charge in [0.1, 0.15) is 23.5 Å². The third-order valence-electron chi connectivity index (χ3n) is 4.79. The molecule has 2 aliphatic heterocycles. The summed E-state index contributed by atoms with van der Waals surface area (Å²) >= 11 is 18.8. The zero-order chi connectivity index (χ0) is 19.7. The molecular formula is C17H17Cl3N2O5. The Balaban J connectivity index is 1.92. The first kappa shape index (κ1) is 19.3. The number of nitrogens with two attached hydrogens (primary N) is 1. The molecule has 1 aromatic carbocycles. The summed E-state index contributed by atoms with van der Waals surface area (Å²) < 4.78 is 19.4. The van der Waals surface area contributed by atoms with Crippen molar-refractivity contribution in [2.75, 3.05) is 6.61 Å². The van der Waals surface area contributed by atoms with E-state index < -0.39 is 36.2 Å². The fourth-order valence-electron chi connectivity index (χ4n) is 3.77. The smallest absolute Gasteiger partial charge is 0.252 e. The van der Waals surface area contributed by atoms with E-state index in [1.54, 1.807) is 24.5 Å². The van der Waals surface area contributed by atoms with Crippen LogP contribution in [0.2, 0.25) is 15.2 Å². The second-order valence-corrected chi connectivity index (χ2v) is 8.17. The van der Waals surface area contributed by atoms with Crippen molar-refractivity contribution in [3.8, 4) is 0 Å². The lowest BCUT2D eigenvalue weighted by molar-refractivity contribution is -0.199. The number of fused-ring (bicyclic) bond motifs is 2. The van der Waals surface area contributed by atoms with Crippen LogP contribution in [0.25, 0.3) is 10.9 Å². The molecule has 1 aromatic heterocycles. The molecule has 0 unspecified atom stereocenters.